The lowest BCUT2D eigenvalue weighted by Crippen LogP contribution is -1.98. The van der Waals surface area contributed by atoms with Gasteiger partial charge in [0.05, 0.1) is 11.8 Å². The molecule has 0 aliphatic carbocycles. The Kier molecular flexibility index (Phi) is 3.88. The van der Waals surface area contributed by atoms with E-state index in [1.165, 1.54) is 23.9 Å². The van der Waals surface area contributed by atoms with Crippen LogP contribution in [0.2, 0.25) is 0 Å². The molecule has 0 atom stereocenters. The van der Waals surface area contributed by atoms with Crippen LogP contribution in [-0.2, 0) is 5.75 Å². The van der Waals surface area contributed by atoms with Crippen LogP contribution in [0.1, 0.15) is 15.9 Å². The molecule has 0 aliphatic rings. The van der Waals surface area contributed by atoms with E-state index in [0.29, 0.717) is 16.3 Å². The van der Waals surface area contributed by atoms with Crippen LogP contribution in [0.25, 0.3) is 0 Å². The van der Waals surface area contributed by atoms with Gasteiger partial charge < -0.3 is 5.11 Å². The summed E-state index contributed by atoms with van der Waals surface area (Å²) in [4.78, 5) is 18.6. The molecule has 0 bridgehead atoms. The minimum atomic E-state index is -1.14. The highest BCUT2D eigenvalue weighted by Crippen LogP contribution is 2.22. The normalized spacial score (nSPS) is 10.3. The number of hydrogen-bond donors (Lipinski definition) is 1. The van der Waals surface area contributed by atoms with Crippen molar-refractivity contribution in [2.75, 3.05) is 0 Å². The summed E-state index contributed by atoms with van der Waals surface area (Å²) in [6.45, 7) is 0. The standard InChI is InChI=1S/C12H9FN2O2S/c13-10-5-8(12(16)17)1-2-9(10)7-18-11-6-14-3-4-15-11/h1-6H,7H2,(H,16,17). The van der Waals surface area contributed by atoms with Crippen LogP contribution in [-0.4, -0.2) is 21.0 Å². The molecular weight excluding hydrogens is 255 g/mol. The highest BCUT2D eigenvalue weighted by Gasteiger charge is 2.08. The van der Waals surface area contributed by atoms with Crippen LogP contribution in [0.3, 0.4) is 0 Å². The fourth-order valence-corrected chi connectivity index (χ4v) is 2.12. The van der Waals surface area contributed by atoms with Gasteiger partial charge in [0, 0.05) is 18.1 Å². The summed E-state index contributed by atoms with van der Waals surface area (Å²) in [5.41, 5.74) is 0.386. The van der Waals surface area contributed by atoms with Crippen LogP contribution >= 0.6 is 11.8 Å². The molecular formula is C12H9FN2O2S. The zero-order valence-corrected chi connectivity index (χ0v) is 10.0. The van der Waals surface area contributed by atoms with E-state index >= 15 is 0 Å². The van der Waals surface area contributed by atoms with Gasteiger partial charge in [-0.1, -0.05) is 17.8 Å². The maximum atomic E-state index is 13.6. The van der Waals surface area contributed by atoms with Gasteiger partial charge in [-0.05, 0) is 17.7 Å². The summed E-state index contributed by atoms with van der Waals surface area (Å²) in [6, 6.07) is 3.88. The number of nitrogens with zero attached hydrogens (tertiary/aromatic N) is 2. The summed E-state index contributed by atoms with van der Waals surface area (Å²) in [5.74, 6) is -1.28. The lowest BCUT2D eigenvalue weighted by Gasteiger charge is -2.03. The Morgan fingerprint density at radius 3 is 2.83 bits per heavy atom. The molecule has 0 saturated carbocycles. The fraction of sp³-hybridized carbons (Fsp3) is 0.0833. The predicted octanol–water partition coefficient (Wildman–Crippen LogP) is 2.61. The quantitative estimate of drug-likeness (QED) is 0.860. The summed E-state index contributed by atoms with van der Waals surface area (Å²) in [5, 5.41) is 9.41. The number of halogens is 1. The molecule has 4 nitrogen and oxygen atoms in total. The van der Waals surface area contributed by atoms with Crippen molar-refractivity contribution in [1.82, 2.24) is 9.97 Å². The van der Waals surface area contributed by atoms with E-state index in [1.54, 1.807) is 18.6 Å². The second-order valence-corrected chi connectivity index (χ2v) is 4.44. The molecule has 0 spiro atoms. The molecule has 0 aliphatic heterocycles. The van der Waals surface area contributed by atoms with Crippen LogP contribution < -0.4 is 0 Å². The summed E-state index contributed by atoms with van der Waals surface area (Å²) >= 11 is 1.34. The summed E-state index contributed by atoms with van der Waals surface area (Å²) in [6.07, 6.45) is 4.71. The highest BCUT2D eigenvalue weighted by molar-refractivity contribution is 7.98. The monoisotopic (exact) mass is 264 g/mol. The first-order valence-electron chi connectivity index (χ1n) is 5.07. The van der Waals surface area contributed by atoms with Crippen molar-refractivity contribution in [3.8, 4) is 0 Å². The molecule has 6 heteroatoms. The van der Waals surface area contributed by atoms with Gasteiger partial charge in [0.1, 0.15) is 10.8 Å². The van der Waals surface area contributed by atoms with E-state index in [4.69, 9.17) is 5.11 Å². The molecule has 2 rings (SSSR count). The van der Waals surface area contributed by atoms with E-state index in [2.05, 4.69) is 9.97 Å². The molecule has 0 saturated heterocycles. The number of hydrogen-bond acceptors (Lipinski definition) is 4. The fourth-order valence-electron chi connectivity index (χ4n) is 1.31. The Bertz CT molecular complexity index is 563. The number of rotatable bonds is 4. The van der Waals surface area contributed by atoms with Crippen LogP contribution in [0.5, 0.6) is 0 Å². The van der Waals surface area contributed by atoms with Gasteiger partial charge in [-0.3, -0.25) is 4.98 Å². The molecule has 0 amide bonds. The molecule has 18 heavy (non-hydrogen) atoms. The zero-order chi connectivity index (χ0) is 13.0. The van der Waals surface area contributed by atoms with Gasteiger partial charge in [-0.2, -0.15) is 0 Å². The largest absolute Gasteiger partial charge is 0.478 e. The number of thioether (sulfide) groups is 1. The maximum absolute atomic E-state index is 13.6. The minimum Gasteiger partial charge on any atom is -0.478 e. The van der Waals surface area contributed by atoms with Crippen molar-refractivity contribution < 1.29 is 14.3 Å². The first-order chi connectivity index (χ1) is 8.66. The Hall–Kier alpha value is -1.95. The van der Waals surface area contributed by atoms with Crippen LogP contribution in [0.15, 0.2) is 41.8 Å². The summed E-state index contributed by atoms with van der Waals surface area (Å²) < 4.78 is 13.6. The SMILES string of the molecule is O=C(O)c1ccc(CSc2cnccn2)c(F)c1. The average Bonchev–Trinajstić information content (AvgIpc) is 2.38. The lowest BCUT2D eigenvalue weighted by atomic mass is 10.1. The highest BCUT2D eigenvalue weighted by atomic mass is 32.2. The lowest BCUT2D eigenvalue weighted by molar-refractivity contribution is 0.0696. The number of benzene rings is 1. The smallest absolute Gasteiger partial charge is 0.335 e. The predicted molar refractivity (Wildman–Crippen MR) is 65.0 cm³/mol. The molecule has 0 unspecified atom stereocenters. The topological polar surface area (TPSA) is 63.1 Å². The average molecular weight is 264 g/mol. The van der Waals surface area contributed by atoms with Gasteiger partial charge in [0.2, 0.25) is 0 Å². The number of carbonyl (C=O) groups is 1. The number of aromatic nitrogens is 2. The van der Waals surface area contributed by atoms with E-state index < -0.39 is 11.8 Å². The molecule has 92 valence electrons. The first kappa shape index (κ1) is 12.5. The Balaban J connectivity index is 2.08. The van der Waals surface area contributed by atoms with Gasteiger partial charge in [0.25, 0.3) is 0 Å². The van der Waals surface area contributed by atoms with Crippen molar-refractivity contribution >= 4 is 17.7 Å². The van der Waals surface area contributed by atoms with Gasteiger partial charge in [0.15, 0.2) is 0 Å². The van der Waals surface area contributed by atoms with Crippen LogP contribution in [0, 0.1) is 5.82 Å². The van der Waals surface area contributed by atoms with Crippen molar-refractivity contribution in [3.05, 3.63) is 53.7 Å². The Labute approximate surface area is 107 Å². The molecule has 1 aromatic carbocycles. The van der Waals surface area contributed by atoms with Crippen LogP contribution in [0.4, 0.5) is 4.39 Å². The van der Waals surface area contributed by atoms with Crippen molar-refractivity contribution in [2.45, 2.75) is 10.8 Å². The third kappa shape index (κ3) is 3.04. The molecule has 1 aromatic heterocycles. The van der Waals surface area contributed by atoms with Gasteiger partial charge in [-0.15, -0.1) is 0 Å². The van der Waals surface area contributed by atoms with Gasteiger partial charge >= 0.3 is 5.97 Å². The minimum absolute atomic E-state index is 0.0549. The summed E-state index contributed by atoms with van der Waals surface area (Å²) in [7, 11) is 0. The maximum Gasteiger partial charge on any atom is 0.335 e. The van der Waals surface area contributed by atoms with E-state index in [-0.39, 0.29) is 5.56 Å². The molecule has 2 aromatic rings. The number of aromatic carboxylic acids is 1. The second kappa shape index (κ2) is 5.59. The molecule has 1 N–H and O–H groups in total. The second-order valence-electron chi connectivity index (χ2n) is 3.44. The van der Waals surface area contributed by atoms with E-state index in [9.17, 15) is 9.18 Å². The number of carboxylic acids is 1. The molecule has 1 heterocycles. The Morgan fingerprint density at radius 1 is 1.39 bits per heavy atom. The number of carboxylic acid groups (broad SMARTS) is 1. The van der Waals surface area contributed by atoms with E-state index in [0.717, 1.165) is 6.07 Å². The third-order valence-corrected chi connectivity index (χ3v) is 3.18. The van der Waals surface area contributed by atoms with E-state index in [1.807, 2.05) is 0 Å². The zero-order valence-electron chi connectivity index (χ0n) is 9.21. The third-order valence-electron chi connectivity index (χ3n) is 2.22. The molecule has 0 radical (unpaired) electrons. The van der Waals surface area contributed by atoms with Gasteiger partial charge in [-0.25, -0.2) is 14.2 Å². The first-order valence-corrected chi connectivity index (χ1v) is 6.06. The van der Waals surface area contributed by atoms with Crippen molar-refractivity contribution in [2.24, 2.45) is 0 Å². The van der Waals surface area contributed by atoms with Crippen molar-refractivity contribution in [3.63, 3.8) is 0 Å². The molecule has 0 fully saturated rings. The van der Waals surface area contributed by atoms with Crippen molar-refractivity contribution in [1.29, 1.82) is 0 Å². The Morgan fingerprint density at radius 2 is 2.22 bits per heavy atom.